The van der Waals surface area contributed by atoms with Crippen molar-refractivity contribution < 1.29 is 14.3 Å². The Morgan fingerprint density at radius 2 is 2.06 bits per heavy atom. The van der Waals surface area contributed by atoms with Gasteiger partial charge in [-0.2, -0.15) is 0 Å². The van der Waals surface area contributed by atoms with Gasteiger partial charge in [-0.15, -0.1) is 0 Å². The molecule has 0 spiro atoms. The van der Waals surface area contributed by atoms with E-state index in [1.54, 1.807) is 0 Å². The summed E-state index contributed by atoms with van der Waals surface area (Å²) in [7, 11) is 0. The number of hydrogen-bond acceptors (Lipinski definition) is 4. The Labute approximate surface area is 106 Å². The van der Waals surface area contributed by atoms with Crippen molar-refractivity contribution in [3.05, 3.63) is 36.2 Å². The van der Waals surface area contributed by atoms with Gasteiger partial charge in [0.1, 0.15) is 18.1 Å². The first-order chi connectivity index (χ1) is 8.83. The van der Waals surface area contributed by atoms with E-state index in [0.29, 0.717) is 11.7 Å². The number of unbranched alkanes of at least 4 members (excludes halogenated alkanes) is 1. The lowest BCUT2D eigenvalue weighted by Crippen LogP contribution is -1.95. The van der Waals surface area contributed by atoms with Gasteiger partial charge in [0.2, 0.25) is 5.89 Å². The first-order valence-corrected chi connectivity index (χ1v) is 6.12. The maximum atomic E-state index is 8.91. The molecule has 0 amide bonds. The third-order valence-corrected chi connectivity index (χ3v) is 2.58. The molecule has 0 saturated heterocycles. The average molecular weight is 247 g/mol. The molecule has 1 aromatic heterocycles. The summed E-state index contributed by atoms with van der Waals surface area (Å²) in [5.74, 6) is 1.83. The molecule has 96 valence electrons. The van der Waals surface area contributed by atoms with Crippen molar-refractivity contribution in [1.29, 1.82) is 0 Å². The molecule has 2 aromatic rings. The van der Waals surface area contributed by atoms with Gasteiger partial charge in [-0.05, 0) is 30.7 Å². The van der Waals surface area contributed by atoms with Crippen molar-refractivity contribution in [1.82, 2.24) is 4.98 Å². The Morgan fingerprint density at radius 3 is 2.67 bits per heavy atom. The van der Waals surface area contributed by atoms with Crippen LogP contribution in [0.2, 0.25) is 0 Å². The second-order valence-electron chi connectivity index (χ2n) is 4.02. The molecular formula is C14H17NO3. The molecule has 0 unspecified atom stereocenters. The monoisotopic (exact) mass is 247 g/mol. The van der Waals surface area contributed by atoms with Gasteiger partial charge in [0, 0.05) is 5.56 Å². The maximum Gasteiger partial charge on any atom is 0.226 e. The molecule has 0 bridgehead atoms. The highest BCUT2D eigenvalue weighted by molar-refractivity contribution is 5.54. The van der Waals surface area contributed by atoms with E-state index < -0.39 is 0 Å². The Morgan fingerprint density at radius 1 is 1.28 bits per heavy atom. The van der Waals surface area contributed by atoms with E-state index in [4.69, 9.17) is 14.3 Å². The topological polar surface area (TPSA) is 55.5 Å². The van der Waals surface area contributed by atoms with E-state index in [1.165, 1.54) is 6.20 Å². The summed E-state index contributed by atoms with van der Waals surface area (Å²) in [4.78, 5) is 4.09. The second kappa shape index (κ2) is 6.21. The van der Waals surface area contributed by atoms with Crippen LogP contribution in [0, 0.1) is 0 Å². The highest BCUT2D eigenvalue weighted by Gasteiger charge is 2.05. The van der Waals surface area contributed by atoms with Gasteiger partial charge < -0.3 is 14.3 Å². The molecule has 1 aromatic carbocycles. The molecular weight excluding hydrogens is 230 g/mol. The molecule has 1 N–H and O–H groups in total. The number of aliphatic hydroxyl groups is 1. The Balaban J connectivity index is 2.02. The highest BCUT2D eigenvalue weighted by Crippen LogP contribution is 2.22. The molecule has 18 heavy (non-hydrogen) atoms. The predicted octanol–water partition coefficient (Wildman–Crippen LogP) is 3.01. The summed E-state index contributed by atoms with van der Waals surface area (Å²) in [6.07, 6.45) is 3.71. The zero-order chi connectivity index (χ0) is 12.8. The van der Waals surface area contributed by atoms with Crippen molar-refractivity contribution in [2.45, 2.75) is 26.4 Å². The average Bonchev–Trinajstić information content (AvgIpc) is 2.89. The van der Waals surface area contributed by atoms with Crippen LogP contribution in [0.1, 0.15) is 25.5 Å². The Kier molecular flexibility index (Phi) is 4.36. The normalized spacial score (nSPS) is 10.6. The number of aliphatic hydroxyl groups excluding tert-OH is 1. The van der Waals surface area contributed by atoms with E-state index in [-0.39, 0.29) is 6.61 Å². The number of benzene rings is 1. The minimum absolute atomic E-state index is 0.134. The van der Waals surface area contributed by atoms with Gasteiger partial charge in [0.05, 0.1) is 12.8 Å². The lowest BCUT2D eigenvalue weighted by molar-refractivity contribution is 0.248. The number of hydrogen-bond donors (Lipinski definition) is 1. The van der Waals surface area contributed by atoms with Crippen LogP contribution in [0.5, 0.6) is 5.75 Å². The first-order valence-electron chi connectivity index (χ1n) is 6.12. The number of ether oxygens (including phenoxy) is 1. The van der Waals surface area contributed by atoms with Gasteiger partial charge in [-0.3, -0.25) is 0 Å². The van der Waals surface area contributed by atoms with Crippen LogP contribution in [0.3, 0.4) is 0 Å². The van der Waals surface area contributed by atoms with Crippen LogP contribution < -0.4 is 4.74 Å². The number of nitrogens with zero attached hydrogens (tertiary/aromatic N) is 1. The van der Waals surface area contributed by atoms with Crippen LogP contribution >= 0.6 is 0 Å². The fraction of sp³-hybridized carbons (Fsp3) is 0.357. The molecule has 2 rings (SSSR count). The molecule has 0 fully saturated rings. The van der Waals surface area contributed by atoms with Crippen molar-refractivity contribution in [3.63, 3.8) is 0 Å². The lowest BCUT2D eigenvalue weighted by Gasteiger charge is -2.05. The molecule has 0 aliphatic rings. The summed E-state index contributed by atoms with van der Waals surface area (Å²) in [5.41, 5.74) is 0.873. The lowest BCUT2D eigenvalue weighted by atomic mass is 10.2. The third-order valence-electron chi connectivity index (χ3n) is 2.58. The molecule has 0 aliphatic heterocycles. The summed E-state index contributed by atoms with van der Waals surface area (Å²) in [6, 6.07) is 7.59. The highest BCUT2D eigenvalue weighted by atomic mass is 16.5. The van der Waals surface area contributed by atoms with Crippen molar-refractivity contribution >= 4 is 0 Å². The van der Waals surface area contributed by atoms with Crippen molar-refractivity contribution in [2.75, 3.05) is 6.61 Å². The molecule has 0 aliphatic carbocycles. The van der Waals surface area contributed by atoms with Crippen LogP contribution in [0.4, 0.5) is 0 Å². The van der Waals surface area contributed by atoms with Crippen LogP contribution in [-0.4, -0.2) is 16.7 Å². The summed E-state index contributed by atoms with van der Waals surface area (Å²) in [5, 5.41) is 8.91. The summed E-state index contributed by atoms with van der Waals surface area (Å²) < 4.78 is 10.9. The minimum Gasteiger partial charge on any atom is -0.494 e. The smallest absolute Gasteiger partial charge is 0.226 e. The molecule has 0 saturated carbocycles. The van der Waals surface area contributed by atoms with E-state index in [0.717, 1.165) is 30.8 Å². The summed E-state index contributed by atoms with van der Waals surface area (Å²) in [6.45, 7) is 2.74. The van der Waals surface area contributed by atoms with Gasteiger partial charge in [-0.25, -0.2) is 4.98 Å². The van der Waals surface area contributed by atoms with Crippen LogP contribution in [0.15, 0.2) is 34.9 Å². The Bertz CT molecular complexity index is 476. The van der Waals surface area contributed by atoms with Crippen molar-refractivity contribution in [2.24, 2.45) is 0 Å². The molecule has 4 nitrogen and oxygen atoms in total. The third kappa shape index (κ3) is 3.11. The van der Waals surface area contributed by atoms with Gasteiger partial charge >= 0.3 is 0 Å². The van der Waals surface area contributed by atoms with Gasteiger partial charge in [0.15, 0.2) is 0 Å². The number of aromatic nitrogens is 1. The molecule has 0 radical (unpaired) electrons. The Hall–Kier alpha value is -1.81. The van der Waals surface area contributed by atoms with Crippen LogP contribution in [0.25, 0.3) is 11.5 Å². The standard InChI is InChI=1S/C14H17NO3/c1-2-3-8-17-12-6-4-11(5-7-12)14-15-9-13(10-16)18-14/h4-7,9,16H,2-3,8,10H2,1H3. The van der Waals surface area contributed by atoms with E-state index in [9.17, 15) is 0 Å². The zero-order valence-corrected chi connectivity index (χ0v) is 10.4. The predicted molar refractivity (Wildman–Crippen MR) is 68.3 cm³/mol. The largest absolute Gasteiger partial charge is 0.494 e. The number of oxazole rings is 1. The summed E-state index contributed by atoms with van der Waals surface area (Å²) >= 11 is 0. The van der Waals surface area contributed by atoms with E-state index in [2.05, 4.69) is 11.9 Å². The molecule has 1 heterocycles. The fourth-order valence-electron chi connectivity index (χ4n) is 1.54. The molecule has 4 heteroatoms. The quantitative estimate of drug-likeness (QED) is 0.797. The minimum atomic E-state index is -0.134. The second-order valence-corrected chi connectivity index (χ2v) is 4.02. The zero-order valence-electron chi connectivity index (χ0n) is 10.4. The van der Waals surface area contributed by atoms with Gasteiger partial charge in [0.25, 0.3) is 0 Å². The van der Waals surface area contributed by atoms with Gasteiger partial charge in [-0.1, -0.05) is 13.3 Å². The fourth-order valence-corrected chi connectivity index (χ4v) is 1.54. The number of rotatable bonds is 6. The molecule has 0 atom stereocenters. The SMILES string of the molecule is CCCCOc1ccc(-c2ncc(CO)o2)cc1. The maximum absolute atomic E-state index is 8.91. The van der Waals surface area contributed by atoms with E-state index >= 15 is 0 Å². The van der Waals surface area contributed by atoms with Crippen molar-refractivity contribution in [3.8, 4) is 17.2 Å². The first kappa shape index (κ1) is 12.6. The van der Waals surface area contributed by atoms with E-state index in [1.807, 2.05) is 24.3 Å². The van der Waals surface area contributed by atoms with Crippen LogP contribution in [-0.2, 0) is 6.61 Å².